The molecular weight excluding hydrogens is 268 g/mol. The molecule has 1 aliphatic rings. The van der Waals surface area contributed by atoms with Crippen molar-refractivity contribution in [1.82, 2.24) is 5.32 Å². The van der Waals surface area contributed by atoms with E-state index in [1.54, 1.807) is 31.2 Å². The molecule has 1 saturated carbocycles. The van der Waals surface area contributed by atoms with Gasteiger partial charge in [-0.05, 0) is 51.0 Å². The maximum atomic E-state index is 11.9. The minimum Gasteiger partial charge on any atom is -0.350 e. The fourth-order valence-electron chi connectivity index (χ4n) is 1.75. The van der Waals surface area contributed by atoms with Crippen molar-refractivity contribution >= 4 is 23.3 Å². The Morgan fingerprint density at radius 3 is 2.24 bits per heavy atom. The molecule has 0 spiro atoms. The van der Waals surface area contributed by atoms with Crippen LogP contribution in [-0.2, 0) is 9.59 Å². The summed E-state index contributed by atoms with van der Waals surface area (Å²) in [4.78, 5) is 34.7. The van der Waals surface area contributed by atoms with Gasteiger partial charge in [0.25, 0.3) is 5.91 Å². The summed E-state index contributed by atoms with van der Waals surface area (Å²) in [7, 11) is 0. The van der Waals surface area contributed by atoms with Gasteiger partial charge in [-0.2, -0.15) is 0 Å². The normalized spacial score (nSPS) is 14.5. The monoisotopic (exact) mass is 286 g/mol. The maximum Gasteiger partial charge on any atom is 0.251 e. The summed E-state index contributed by atoms with van der Waals surface area (Å²) in [6.45, 7) is 3.07. The number of benzene rings is 1. The standard InChI is InChI=1S/C16H18N2O3/c1-10(9-15(20)17-13-7-8-13)16(21)18-14-5-3-12(4-6-14)11(2)19/h3-6,9,13H,7-8H2,1-2H3,(H,17,20)(H,18,21)/b10-9-. The average Bonchev–Trinajstić information content (AvgIpc) is 3.22. The molecule has 1 fully saturated rings. The van der Waals surface area contributed by atoms with Crippen molar-refractivity contribution in [3.8, 4) is 0 Å². The molecule has 5 heteroatoms. The molecule has 1 aliphatic carbocycles. The summed E-state index contributed by atoms with van der Waals surface area (Å²) in [5.41, 5.74) is 1.51. The Morgan fingerprint density at radius 1 is 1.10 bits per heavy atom. The van der Waals surface area contributed by atoms with E-state index in [0.717, 1.165) is 12.8 Å². The Balaban J connectivity index is 1.94. The molecule has 0 unspecified atom stereocenters. The molecule has 0 atom stereocenters. The first-order valence-electron chi connectivity index (χ1n) is 6.87. The number of amides is 2. The lowest BCUT2D eigenvalue weighted by atomic mass is 10.1. The van der Waals surface area contributed by atoms with E-state index in [4.69, 9.17) is 0 Å². The smallest absolute Gasteiger partial charge is 0.251 e. The third-order valence-corrected chi connectivity index (χ3v) is 3.18. The first kappa shape index (κ1) is 15.0. The van der Waals surface area contributed by atoms with Crippen molar-refractivity contribution in [3.05, 3.63) is 41.5 Å². The SMILES string of the molecule is CC(=O)c1ccc(NC(=O)/C(C)=C\C(=O)NC2CC2)cc1. The van der Waals surface area contributed by atoms with Gasteiger partial charge in [0.05, 0.1) is 0 Å². The quantitative estimate of drug-likeness (QED) is 0.642. The van der Waals surface area contributed by atoms with Crippen molar-refractivity contribution in [2.45, 2.75) is 32.7 Å². The lowest BCUT2D eigenvalue weighted by Crippen LogP contribution is -2.24. The number of ketones is 1. The fraction of sp³-hybridized carbons (Fsp3) is 0.312. The van der Waals surface area contributed by atoms with Gasteiger partial charge >= 0.3 is 0 Å². The van der Waals surface area contributed by atoms with Crippen molar-refractivity contribution in [1.29, 1.82) is 0 Å². The predicted octanol–water partition coefficient (Wildman–Crippen LogP) is 2.05. The first-order chi connectivity index (χ1) is 9.95. The topological polar surface area (TPSA) is 75.3 Å². The van der Waals surface area contributed by atoms with Gasteiger partial charge in [0, 0.05) is 28.9 Å². The first-order valence-corrected chi connectivity index (χ1v) is 6.87. The number of anilines is 1. The predicted molar refractivity (Wildman–Crippen MR) is 80.0 cm³/mol. The second-order valence-corrected chi connectivity index (χ2v) is 5.20. The molecule has 1 aromatic rings. The number of hydrogen-bond acceptors (Lipinski definition) is 3. The number of Topliss-reactive ketones (excluding diaryl/α,β-unsaturated/α-hetero) is 1. The summed E-state index contributed by atoms with van der Waals surface area (Å²) >= 11 is 0. The Kier molecular flexibility index (Phi) is 4.52. The van der Waals surface area contributed by atoms with Gasteiger partial charge in [0.2, 0.25) is 5.91 Å². The zero-order chi connectivity index (χ0) is 15.4. The molecule has 21 heavy (non-hydrogen) atoms. The summed E-state index contributed by atoms with van der Waals surface area (Å²) in [5, 5.41) is 5.47. The lowest BCUT2D eigenvalue weighted by Gasteiger charge is -2.06. The molecule has 0 aliphatic heterocycles. The average molecular weight is 286 g/mol. The van der Waals surface area contributed by atoms with Crippen LogP contribution >= 0.6 is 0 Å². The van der Waals surface area contributed by atoms with Crippen molar-refractivity contribution < 1.29 is 14.4 Å². The molecule has 5 nitrogen and oxygen atoms in total. The lowest BCUT2D eigenvalue weighted by molar-refractivity contribution is -0.117. The van der Waals surface area contributed by atoms with Crippen LogP contribution in [0.4, 0.5) is 5.69 Å². The van der Waals surface area contributed by atoms with Gasteiger partial charge < -0.3 is 10.6 Å². The van der Waals surface area contributed by atoms with Crippen LogP contribution in [0.3, 0.4) is 0 Å². The fourth-order valence-corrected chi connectivity index (χ4v) is 1.75. The van der Waals surface area contributed by atoms with E-state index in [0.29, 0.717) is 16.8 Å². The molecule has 0 aromatic heterocycles. The summed E-state index contributed by atoms with van der Waals surface area (Å²) in [6.07, 6.45) is 3.32. The molecule has 1 aromatic carbocycles. The molecule has 0 heterocycles. The third kappa shape index (κ3) is 4.56. The van der Waals surface area contributed by atoms with Crippen LogP contribution < -0.4 is 10.6 Å². The van der Waals surface area contributed by atoms with Crippen molar-refractivity contribution in [2.75, 3.05) is 5.32 Å². The van der Waals surface area contributed by atoms with Crippen LogP contribution in [0.2, 0.25) is 0 Å². The van der Waals surface area contributed by atoms with Gasteiger partial charge in [-0.15, -0.1) is 0 Å². The molecular formula is C16H18N2O3. The number of hydrogen-bond donors (Lipinski definition) is 2. The Morgan fingerprint density at radius 2 is 1.71 bits per heavy atom. The number of nitrogens with one attached hydrogen (secondary N) is 2. The van der Waals surface area contributed by atoms with Crippen LogP contribution in [0.25, 0.3) is 0 Å². The minimum atomic E-state index is -0.337. The van der Waals surface area contributed by atoms with Crippen molar-refractivity contribution in [3.63, 3.8) is 0 Å². The molecule has 2 N–H and O–H groups in total. The number of rotatable bonds is 5. The highest BCUT2D eigenvalue weighted by Crippen LogP contribution is 2.18. The van der Waals surface area contributed by atoms with Gasteiger partial charge in [-0.1, -0.05) is 0 Å². The van der Waals surface area contributed by atoms with Gasteiger partial charge in [0.1, 0.15) is 0 Å². The van der Waals surface area contributed by atoms with E-state index in [1.165, 1.54) is 13.0 Å². The van der Waals surface area contributed by atoms with E-state index < -0.39 is 0 Å². The summed E-state index contributed by atoms with van der Waals surface area (Å²) in [6, 6.07) is 6.88. The van der Waals surface area contributed by atoms with Crippen LogP contribution in [-0.4, -0.2) is 23.6 Å². The van der Waals surface area contributed by atoms with E-state index in [2.05, 4.69) is 10.6 Å². The summed E-state index contributed by atoms with van der Waals surface area (Å²) in [5.74, 6) is -0.603. The van der Waals surface area contributed by atoms with Crippen LogP contribution in [0, 0.1) is 0 Å². The zero-order valence-electron chi connectivity index (χ0n) is 12.1. The minimum absolute atomic E-state index is 0.0271. The highest BCUT2D eigenvalue weighted by molar-refractivity contribution is 6.07. The maximum absolute atomic E-state index is 11.9. The Bertz CT molecular complexity index is 598. The van der Waals surface area contributed by atoms with Crippen molar-refractivity contribution in [2.24, 2.45) is 0 Å². The number of carbonyl (C=O) groups excluding carboxylic acids is 3. The number of carbonyl (C=O) groups is 3. The second-order valence-electron chi connectivity index (χ2n) is 5.20. The second kappa shape index (κ2) is 6.35. The molecule has 110 valence electrons. The van der Waals surface area contributed by atoms with E-state index in [1.807, 2.05) is 0 Å². The van der Waals surface area contributed by atoms with Gasteiger partial charge in [-0.25, -0.2) is 0 Å². The zero-order valence-corrected chi connectivity index (χ0v) is 12.1. The molecule has 0 bridgehead atoms. The summed E-state index contributed by atoms with van der Waals surface area (Å²) < 4.78 is 0. The van der Waals surface area contributed by atoms with E-state index in [9.17, 15) is 14.4 Å². The highest BCUT2D eigenvalue weighted by Gasteiger charge is 2.22. The molecule has 0 saturated heterocycles. The van der Waals surface area contributed by atoms with E-state index >= 15 is 0 Å². The van der Waals surface area contributed by atoms with Crippen LogP contribution in [0.5, 0.6) is 0 Å². The van der Waals surface area contributed by atoms with Crippen LogP contribution in [0.15, 0.2) is 35.9 Å². The molecule has 2 rings (SSSR count). The van der Waals surface area contributed by atoms with Crippen LogP contribution in [0.1, 0.15) is 37.0 Å². The van der Waals surface area contributed by atoms with Gasteiger partial charge in [0.15, 0.2) is 5.78 Å². The molecule has 0 radical (unpaired) electrons. The third-order valence-electron chi connectivity index (χ3n) is 3.18. The highest BCUT2D eigenvalue weighted by atomic mass is 16.2. The van der Waals surface area contributed by atoms with Gasteiger partial charge in [-0.3, -0.25) is 14.4 Å². The van der Waals surface area contributed by atoms with E-state index in [-0.39, 0.29) is 23.6 Å². The Hall–Kier alpha value is -2.43. The molecule has 2 amide bonds. The Labute approximate surface area is 123 Å². The largest absolute Gasteiger partial charge is 0.350 e.